The Labute approximate surface area is 130 Å². The third-order valence-electron chi connectivity index (χ3n) is 3.47. The Bertz CT molecular complexity index is 700. The molecule has 1 heterocycles. The van der Waals surface area contributed by atoms with Gasteiger partial charge in [-0.2, -0.15) is 0 Å². The Kier molecular flexibility index (Phi) is 4.84. The molecule has 0 aliphatic heterocycles. The van der Waals surface area contributed by atoms with E-state index in [9.17, 15) is 0 Å². The van der Waals surface area contributed by atoms with Gasteiger partial charge in [-0.25, -0.2) is 0 Å². The van der Waals surface area contributed by atoms with E-state index in [0.29, 0.717) is 6.42 Å². The maximum atomic E-state index is 6.22. The lowest BCUT2D eigenvalue weighted by Gasteiger charge is -2.12. The van der Waals surface area contributed by atoms with Crippen LogP contribution in [0.3, 0.4) is 0 Å². The number of benzene rings is 2. The smallest absolute Gasteiger partial charge is 0.134 e. The van der Waals surface area contributed by atoms with Gasteiger partial charge in [-0.1, -0.05) is 55.1 Å². The van der Waals surface area contributed by atoms with E-state index in [-0.39, 0.29) is 18.4 Å². The summed E-state index contributed by atoms with van der Waals surface area (Å²) in [7, 11) is 0. The van der Waals surface area contributed by atoms with Gasteiger partial charge in [0, 0.05) is 11.4 Å². The first kappa shape index (κ1) is 15.4. The highest BCUT2D eigenvalue weighted by molar-refractivity contribution is 5.85. The summed E-state index contributed by atoms with van der Waals surface area (Å²) >= 11 is 0. The van der Waals surface area contributed by atoms with Crippen LogP contribution >= 0.6 is 12.4 Å². The summed E-state index contributed by atoms with van der Waals surface area (Å²) in [5, 5.41) is 1.09. The molecule has 3 rings (SSSR count). The van der Waals surface area contributed by atoms with Crippen molar-refractivity contribution in [3.63, 3.8) is 0 Å². The first-order valence-electron chi connectivity index (χ1n) is 6.71. The second-order valence-electron chi connectivity index (χ2n) is 4.97. The van der Waals surface area contributed by atoms with Gasteiger partial charge in [0.25, 0.3) is 0 Å². The van der Waals surface area contributed by atoms with Crippen LogP contribution in [-0.2, 0) is 0 Å². The minimum absolute atomic E-state index is 0. The number of para-hydroxylation sites is 1. The van der Waals surface area contributed by atoms with Crippen molar-refractivity contribution >= 4 is 28.9 Å². The molecule has 0 radical (unpaired) electrons. The molecule has 0 fully saturated rings. The third-order valence-corrected chi connectivity index (χ3v) is 3.47. The van der Waals surface area contributed by atoms with E-state index in [2.05, 4.69) is 6.58 Å². The zero-order valence-electron chi connectivity index (χ0n) is 11.7. The van der Waals surface area contributed by atoms with Crippen LogP contribution in [0.5, 0.6) is 0 Å². The van der Waals surface area contributed by atoms with Crippen LogP contribution in [0.15, 0.2) is 71.7 Å². The summed E-state index contributed by atoms with van der Waals surface area (Å²) in [6.45, 7) is 4.11. The molecule has 0 aliphatic carbocycles. The molecule has 0 bridgehead atoms. The van der Waals surface area contributed by atoms with Crippen LogP contribution in [0.2, 0.25) is 0 Å². The van der Waals surface area contributed by atoms with Gasteiger partial charge in [0.1, 0.15) is 11.3 Å². The maximum Gasteiger partial charge on any atom is 0.134 e. The number of nitrogens with two attached hydrogens (primary N) is 1. The zero-order valence-corrected chi connectivity index (χ0v) is 12.5. The Hall–Kier alpha value is -2.03. The van der Waals surface area contributed by atoms with Crippen molar-refractivity contribution in [3.05, 3.63) is 78.6 Å². The van der Waals surface area contributed by atoms with Gasteiger partial charge in [0.05, 0.1) is 0 Å². The topological polar surface area (TPSA) is 39.2 Å². The number of halogens is 1. The van der Waals surface area contributed by atoms with Gasteiger partial charge < -0.3 is 10.2 Å². The molecule has 0 saturated heterocycles. The largest absolute Gasteiger partial charge is 0.456 e. The number of hydrogen-bond acceptors (Lipinski definition) is 2. The minimum Gasteiger partial charge on any atom is -0.456 e. The van der Waals surface area contributed by atoms with Gasteiger partial charge in [0.2, 0.25) is 0 Å². The van der Waals surface area contributed by atoms with Crippen molar-refractivity contribution in [1.82, 2.24) is 0 Å². The highest BCUT2D eigenvalue weighted by Crippen LogP contribution is 2.29. The number of rotatable bonds is 4. The van der Waals surface area contributed by atoms with Gasteiger partial charge in [0.15, 0.2) is 0 Å². The lowest BCUT2D eigenvalue weighted by molar-refractivity contribution is 0.591. The molecule has 1 atom stereocenters. The summed E-state index contributed by atoms with van der Waals surface area (Å²) < 4.78 is 5.81. The molecule has 21 heavy (non-hydrogen) atoms. The summed E-state index contributed by atoms with van der Waals surface area (Å²) in [6.07, 6.45) is 0.684. The van der Waals surface area contributed by atoms with Crippen LogP contribution < -0.4 is 5.73 Å². The second kappa shape index (κ2) is 6.61. The maximum absolute atomic E-state index is 6.22. The molecule has 1 unspecified atom stereocenters. The molecular formula is C18H18ClNO. The quantitative estimate of drug-likeness (QED) is 0.739. The Morgan fingerprint density at radius 1 is 1.05 bits per heavy atom. The van der Waals surface area contributed by atoms with Crippen molar-refractivity contribution in [1.29, 1.82) is 0 Å². The molecule has 2 N–H and O–H groups in total. The minimum atomic E-state index is -0.0584. The summed E-state index contributed by atoms with van der Waals surface area (Å²) in [5.41, 5.74) is 9.15. The summed E-state index contributed by atoms with van der Waals surface area (Å²) in [5.74, 6) is 0.817. The summed E-state index contributed by atoms with van der Waals surface area (Å²) in [6, 6.07) is 20.0. The fourth-order valence-electron chi connectivity index (χ4n) is 2.34. The van der Waals surface area contributed by atoms with E-state index < -0.39 is 0 Å². The predicted molar refractivity (Wildman–Crippen MR) is 90.5 cm³/mol. The lowest BCUT2D eigenvalue weighted by atomic mass is 9.99. The molecule has 1 aromatic heterocycles. The Morgan fingerprint density at radius 3 is 2.43 bits per heavy atom. The molecule has 2 nitrogen and oxygen atoms in total. The van der Waals surface area contributed by atoms with Crippen molar-refractivity contribution in [2.75, 3.05) is 0 Å². The zero-order chi connectivity index (χ0) is 13.9. The van der Waals surface area contributed by atoms with Crippen molar-refractivity contribution in [2.24, 2.45) is 5.73 Å². The molecule has 3 aromatic rings. The van der Waals surface area contributed by atoms with E-state index in [1.807, 2.05) is 60.7 Å². The van der Waals surface area contributed by atoms with Gasteiger partial charge >= 0.3 is 0 Å². The predicted octanol–water partition coefficient (Wildman–Crippen LogP) is 4.96. The number of furan rings is 1. The molecule has 0 saturated carbocycles. The highest BCUT2D eigenvalue weighted by Gasteiger charge is 2.12. The lowest BCUT2D eigenvalue weighted by Crippen LogP contribution is -2.10. The van der Waals surface area contributed by atoms with Crippen LogP contribution in [0.1, 0.15) is 23.8 Å². The van der Waals surface area contributed by atoms with E-state index in [0.717, 1.165) is 27.9 Å². The van der Waals surface area contributed by atoms with Crippen LogP contribution in [0.4, 0.5) is 0 Å². The SMILES string of the molecule is C=C(CC(N)c1ccccc1)c1cc2ccccc2o1.Cl. The second-order valence-corrected chi connectivity index (χ2v) is 4.97. The van der Waals surface area contributed by atoms with Crippen molar-refractivity contribution < 1.29 is 4.42 Å². The molecule has 2 aromatic carbocycles. The molecule has 0 amide bonds. The van der Waals surface area contributed by atoms with E-state index in [4.69, 9.17) is 10.2 Å². The van der Waals surface area contributed by atoms with Crippen LogP contribution in [0.25, 0.3) is 16.5 Å². The number of fused-ring (bicyclic) bond motifs is 1. The van der Waals surface area contributed by atoms with Crippen LogP contribution in [0, 0.1) is 0 Å². The average Bonchev–Trinajstić information content (AvgIpc) is 2.92. The highest BCUT2D eigenvalue weighted by atomic mass is 35.5. The van der Waals surface area contributed by atoms with Crippen LogP contribution in [-0.4, -0.2) is 0 Å². The summed E-state index contributed by atoms with van der Waals surface area (Å²) in [4.78, 5) is 0. The third kappa shape index (κ3) is 3.35. The van der Waals surface area contributed by atoms with Gasteiger partial charge in [-0.3, -0.25) is 0 Å². The molecule has 0 aliphatic rings. The Morgan fingerprint density at radius 2 is 1.71 bits per heavy atom. The van der Waals surface area contributed by atoms with E-state index in [1.54, 1.807) is 0 Å². The van der Waals surface area contributed by atoms with E-state index in [1.165, 1.54) is 0 Å². The number of hydrogen-bond donors (Lipinski definition) is 1. The Balaban J connectivity index is 0.00000161. The average molecular weight is 300 g/mol. The molecule has 0 spiro atoms. The van der Waals surface area contributed by atoms with Crippen molar-refractivity contribution in [2.45, 2.75) is 12.5 Å². The monoisotopic (exact) mass is 299 g/mol. The normalized spacial score (nSPS) is 11.9. The molecular weight excluding hydrogens is 282 g/mol. The first-order chi connectivity index (χ1) is 9.74. The standard InChI is InChI=1S/C18H17NO.ClH/c1-13(11-16(19)14-7-3-2-4-8-14)18-12-15-9-5-6-10-17(15)20-18;/h2-10,12,16H,1,11,19H2;1H. The molecule has 3 heteroatoms. The van der Waals surface area contributed by atoms with E-state index >= 15 is 0 Å². The first-order valence-corrected chi connectivity index (χ1v) is 6.71. The fraction of sp³-hybridized carbons (Fsp3) is 0.111. The van der Waals surface area contributed by atoms with Gasteiger partial charge in [-0.15, -0.1) is 12.4 Å². The molecule has 108 valence electrons. The van der Waals surface area contributed by atoms with Gasteiger partial charge in [-0.05, 0) is 29.7 Å². The fourth-order valence-corrected chi connectivity index (χ4v) is 2.34. The van der Waals surface area contributed by atoms with Crippen molar-refractivity contribution in [3.8, 4) is 0 Å².